The van der Waals surface area contributed by atoms with Crippen LogP contribution in [0.4, 0.5) is 0 Å². The van der Waals surface area contributed by atoms with Crippen LogP contribution in [0.25, 0.3) is 0 Å². The molecule has 0 aliphatic rings. The van der Waals surface area contributed by atoms with Crippen molar-refractivity contribution in [2.24, 2.45) is 0 Å². The van der Waals surface area contributed by atoms with Crippen molar-refractivity contribution in [3.63, 3.8) is 0 Å². The summed E-state index contributed by atoms with van der Waals surface area (Å²) in [4.78, 5) is 14.4. The van der Waals surface area contributed by atoms with Crippen LogP contribution >= 0.6 is 11.3 Å². The van der Waals surface area contributed by atoms with Crippen LogP contribution in [0, 0.1) is 0 Å². The zero-order valence-corrected chi connectivity index (χ0v) is 11.4. The summed E-state index contributed by atoms with van der Waals surface area (Å²) in [6.45, 7) is 2.89. The molecule has 3 nitrogen and oxygen atoms in total. The molecule has 1 heterocycles. The van der Waals surface area contributed by atoms with Gasteiger partial charge in [-0.25, -0.2) is 0 Å². The summed E-state index contributed by atoms with van der Waals surface area (Å²) in [5.41, 5.74) is 0. The summed E-state index contributed by atoms with van der Waals surface area (Å²) < 4.78 is 0. The molecule has 0 aliphatic heterocycles. The molecule has 1 N–H and O–H groups in total. The van der Waals surface area contributed by atoms with E-state index in [0.717, 1.165) is 32.2 Å². The van der Waals surface area contributed by atoms with Gasteiger partial charge in [-0.3, -0.25) is 9.69 Å². The number of thiophene rings is 1. The van der Waals surface area contributed by atoms with Gasteiger partial charge in [-0.05, 0) is 31.3 Å². The van der Waals surface area contributed by atoms with Crippen LogP contribution in [-0.4, -0.2) is 35.6 Å². The van der Waals surface area contributed by atoms with E-state index in [9.17, 15) is 9.90 Å². The van der Waals surface area contributed by atoms with Crippen LogP contribution < -0.4 is 0 Å². The van der Waals surface area contributed by atoms with E-state index in [-0.39, 0.29) is 6.04 Å². The van der Waals surface area contributed by atoms with Crippen molar-refractivity contribution >= 4 is 17.3 Å². The Morgan fingerprint density at radius 3 is 2.88 bits per heavy atom. The maximum Gasteiger partial charge on any atom is 0.320 e. The molecular formula is C13H21NO2S. The number of carboxylic acid groups (broad SMARTS) is 1. The third-order valence-electron chi connectivity index (χ3n) is 2.94. The topological polar surface area (TPSA) is 40.5 Å². The first-order valence-electron chi connectivity index (χ1n) is 6.10. The monoisotopic (exact) mass is 255 g/mol. The first-order chi connectivity index (χ1) is 8.15. The van der Waals surface area contributed by atoms with Gasteiger partial charge in [0.05, 0.1) is 0 Å². The van der Waals surface area contributed by atoms with E-state index in [4.69, 9.17) is 0 Å². The molecular weight excluding hydrogens is 234 g/mol. The molecule has 0 saturated carbocycles. The van der Waals surface area contributed by atoms with Gasteiger partial charge in [0.1, 0.15) is 6.04 Å². The SMILES string of the molecule is CCCCC(C(=O)O)N(C)CCc1cccs1. The largest absolute Gasteiger partial charge is 0.480 e. The summed E-state index contributed by atoms with van der Waals surface area (Å²) in [5.74, 6) is -0.702. The lowest BCUT2D eigenvalue weighted by Gasteiger charge is -2.24. The molecule has 96 valence electrons. The molecule has 0 aliphatic carbocycles. The molecule has 1 atom stereocenters. The first kappa shape index (κ1) is 14.2. The van der Waals surface area contributed by atoms with Gasteiger partial charge in [-0.1, -0.05) is 25.8 Å². The molecule has 1 rings (SSSR count). The number of rotatable bonds is 8. The summed E-state index contributed by atoms with van der Waals surface area (Å²) >= 11 is 1.73. The molecule has 4 heteroatoms. The molecule has 1 unspecified atom stereocenters. The van der Waals surface area contributed by atoms with E-state index in [1.807, 2.05) is 18.0 Å². The summed E-state index contributed by atoms with van der Waals surface area (Å²) in [5, 5.41) is 11.2. The number of hydrogen-bond acceptors (Lipinski definition) is 3. The van der Waals surface area contributed by atoms with Crippen LogP contribution in [0.3, 0.4) is 0 Å². The minimum atomic E-state index is -0.702. The number of likely N-dealkylation sites (N-methyl/N-ethyl adjacent to an activating group) is 1. The Hall–Kier alpha value is -0.870. The van der Waals surface area contributed by atoms with Gasteiger partial charge < -0.3 is 5.11 Å². The van der Waals surface area contributed by atoms with Gasteiger partial charge in [0, 0.05) is 11.4 Å². The molecule has 0 spiro atoms. The van der Waals surface area contributed by atoms with Crippen LogP contribution in [-0.2, 0) is 11.2 Å². The zero-order chi connectivity index (χ0) is 12.7. The summed E-state index contributed by atoms with van der Waals surface area (Å²) in [6.07, 6.45) is 3.69. The lowest BCUT2D eigenvalue weighted by atomic mass is 10.1. The highest BCUT2D eigenvalue weighted by molar-refractivity contribution is 7.09. The van der Waals surface area contributed by atoms with Gasteiger partial charge in [0.25, 0.3) is 0 Å². The van der Waals surface area contributed by atoms with Crippen molar-refractivity contribution in [3.8, 4) is 0 Å². The second kappa shape index (κ2) is 7.45. The van der Waals surface area contributed by atoms with Gasteiger partial charge in [-0.2, -0.15) is 0 Å². The van der Waals surface area contributed by atoms with Gasteiger partial charge in [-0.15, -0.1) is 11.3 Å². The lowest BCUT2D eigenvalue weighted by molar-refractivity contribution is -0.143. The first-order valence-corrected chi connectivity index (χ1v) is 6.98. The maximum absolute atomic E-state index is 11.2. The third kappa shape index (κ3) is 4.88. The quantitative estimate of drug-likeness (QED) is 0.776. The highest BCUT2D eigenvalue weighted by Gasteiger charge is 2.21. The van der Waals surface area contributed by atoms with Crippen LogP contribution in [0.5, 0.6) is 0 Å². The molecule has 0 bridgehead atoms. The number of carboxylic acids is 1. The van der Waals surface area contributed by atoms with E-state index >= 15 is 0 Å². The average molecular weight is 255 g/mol. The fourth-order valence-electron chi connectivity index (χ4n) is 1.83. The van der Waals surface area contributed by atoms with Gasteiger partial charge >= 0.3 is 5.97 Å². The minimum Gasteiger partial charge on any atom is -0.480 e. The number of carbonyl (C=O) groups is 1. The molecule has 0 fully saturated rings. The number of aliphatic carboxylic acids is 1. The van der Waals surface area contributed by atoms with Crippen LogP contribution in [0.2, 0.25) is 0 Å². The predicted octanol–water partition coefficient (Wildman–Crippen LogP) is 2.87. The highest BCUT2D eigenvalue weighted by atomic mass is 32.1. The Balaban J connectivity index is 2.41. The molecule has 1 aromatic heterocycles. The molecule has 17 heavy (non-hydrogen) atoms. The smallest absolute Gasteiger partial charge is 0.320 e. The second-order valence-electron chi connectivity index (χ2n) is 4.31. The maximum atomic E-state index is 11.2. The van der Waals surface area contributed by atoms with Crippen molar-refractivity contribution in [3.05, 3.63) is 22.4 Å². The number of hydrogen-bond donors (Lipinski definition) is 1. The Morgan fingerprint density at radius 2 is 2.35 bits per heavy atom. The predicted molar refractivity (Wildman–Crippen MR) is 71.6 cm³/mol. The Bertz CT molecular complexity index is 324. The van der Waals surface area contributed by atoms with Crippen LogP contribution in [0.1, 0.15) is 31.1 Å². The van der Waals surface area contributed by atoms with Crippen molar-refractivity contribution in [2.45, 2.75) is 38.6 Å². The van der Waals surface area contributed by atoms with E-state index < -0.39 is 5.97 Å². The average Bonchev–Trinajstić information content (AvgIpc) is 2.79. The fraction of sp³-hybridized carbons (Fsp3) is 0.615. The summed E-state index contributed by atoms with van der Waals surface area (Å²) in [7, 11) is 1.90. The highest BCUT2D eigenvalue weighted by Crippen LogP contribution is 2.12. The number of unbranched alkanes of at least 4 members (excludes halogenated alkanes) is 1. The molecule has 0 radical (unpaired) electrons. The van der Waals surface area contributed by atoms with E-state index in [1.165, 1.54) is 4.88 Å². The Morgan fingerprint density at radius 1 is 1.59 bits per heavy atom. The van der Waals surface area contributed by atoms with Crippen LogP contribution in [0.15, 0.2) is 17.5 Å². The zero-order valence-electron chi connectivity index (χ0n) is 10.6. The molecule has 1 aromatic rings. The lowest BCUT2D eigenvalue weighted by Crippen LogP contribution is -2.39. The van der Waals surface area contributed by atoms with E-state index in [1.54, 1.807) is 11.3 Å². The van der Waals surface area contributed by atoms with Crippen molar-refractivity contribution in [1.82, 2.24) is 4.90 Å². The van der Waals surface area contributed by atoms with Gasteiger partial charge in [0.15, 0.2) is 0 Å². The molecule has 0 aromatic carbocycles. The molecule has 0 saturated heterocycles. The van der Waals surface area contributed by atoms with E-state index in [2.05, 4.69) is 18.4 Å². The normalized spacial score (nSPS) is 12.9. The van der Waals surface area contributed by atoms with Crippen molar-refractivity contribution in [1.29, 1.82) is 0 Å². The number of nitrogens with zero attached hydrogens (tertiary/aromatic N) is 1. The minimum absolute atomic E-state index is 0.338. The van der Waals surface area contributed by atoms with Crippen molar-refractivity contribution in [2.75, 3.05) is 13.6 Å². The Labute approximate surface area is 107 Å². The van der Waals surface area contributed by atoms with Crippen molar-refractivity contribution < 1.29 is 9.90 Å². The summed E-state index contributed by atoms with van der Waals surface area (Å²) in [6, 6.07) is 3.79. The third-order valence-corrected chi connectivity index (χ3v) is 3.88. The standard InChI is InChI=1S/C13H21NO2S/c1-3-4-7-12(13(15)16)14(2)9-8-11-6-5-10-17-11/h5-6,10,12H,3-4,7-9H2,1-2H3,(H,15,16). The van der Waals surface area contributed by atoms with E-state index in [0.29, 0.717) is 0 Å². The fourth-order valence-corrected chi connectivity index (χ4v) is 2.53. The van der Waals surface area contributed by atoms with Gasteiger partial charge in [0.2, 0.25) is 0 Å². The second-order valence-corrected chi connectivity index (χ2v) is 5.34. The molecule has 0 amide bonds. The Kier molecular flexibility index (Phi) is 6.22.